The van der Waals surface area contributed by atoms with Crippen LogP contribution in [-0.4, -0.2) is 24.1 Å². The number of hydrogen-bond acceptors (Lipinski definition) is 4. The highest BCUT2D eigenvalue weighted by Gasteiger charge is 2.23. The van der Waals surface area contributed by atoms with Gasteiger partial charge in [0.15, 0.2) is 0 Å². The molecule has 6 aromatic heterocycles. The van der Waals surface area contributed by atoms with Crippen LogP contribution in [0, 0.1) is 0 Å². The van der Waals surface area contributed by atoms with Crippen LogP contribution < -0.4 is 0 Å². The van der Waals surface area contributed by atoms with E-state index in [1.165, 1.54) is 185 Å². The highest BCUT2D eigenvalue weighted by Crippen LogP contribution is 2.45. The van der Waals surface area contributed by atoms with Crippen LogP contribution in [-0.2, 0) is 27.1 Å². The molecule has 23 rings (SSSR count). The molecule has 0 aliphatic rings. The minimum atomic E-state index is 0.138. The standard InChI is InChI=1S/2C28H25N.C26H22.C22H20N2.C21H19NS/c1-28(2,3)22-16-13-20(14-17-22)21-15-18-27-25(19-21)24-11-7-8-12-26(24)29(27)23-9-5-4-6-10-23;1-28(2,3)22-16-13-20(14-17-22)21-15-18-25-24-11-7-8-12-26(24)29(27(25)19-21)23-9-5-4-6-10-23;1-26(2,3)21-14-12-17(13-15-21)23-16-20-8-4-6-18-10-11-19-7-5-9-22(23)25(19)24(18)20;1-22(2,3)17-10-8-15(9-11-17)19-14-16-6-4-12-23-20(16)21-18(19)7-5-13-24-21;1-21(2,3)15-9-10-18(22-13-15)14-8-11-20-17(12-14)16-6-4-5-7-19(16)23-20/h2*4-19H,1-3H3;4-16H,1-3H3;4-14H,1-3H3;4-13H,1-3H3. The van der Waals surface area contributed by atoms with Crippen molar-refractivity contribution in [3.63, 3.8) is 0 Å². The summed E-state index contributed by atoms with van der Waals surface area (Å²) in [7, 11) is 0. The topological polar surface area (TPSA) is 48.5 Å². The summed E-state index contributed by atoms with van der Waals surface area (Å²) in [4.78, 5) is 13.8. The first-order valence-corrected chi connectivity index (χ1v) is 46.7. The first-order chi connectivity index (χ1) is 63.1. The van der Waals surface area contributed by atoms with Crippen molar-refractivity contribution < 1.29 is 0 Å². The molecule has 0 aliphatic heterocycles. The molecule has 0 spiro atoms. The number of benzene rings is 17. The number of thiophene rings is 1. The molecule has 0 bridgehead atoms. The van der Waals surface area contributed by atoms with Gasteiger partial charge in [0.25, 0.3) is 0 Å². The molecule has 131 heavy (non-hydrogen) atoms. The maximum absolute atomic E-state index is 4.69. The number of rotatable bonds is 7. The van der Waals surface area contributed by atoms with Crippen LogP contribution in [0.2, 0.25) is 0 Å². The lowest BCUT2D eigenvalue weighted by atomic mass is 9.85. The van der Waals surface area contributed by atoms with E-state index in [2.05, 4.69) is 493 Å². The number of aromatic nitrogens is 5. The minimum absolute atomic E-state index is 0.138. The van der Waals surface area contributed by atoms with Gasteiger partial charge in [-0.05, 0) is 235 Å². The van der Waals surface area contributed by atoms with Crippen molar-refractivity contribution in [3.05, 3.63) is 429 Å². The molecule has 17 aromatic carbocycles. The Labute approximate surface area is 774 Å². The Morgan fingerprint density at radius 1 is 0.214 bits per heavy atom. The number of para-hydroxylation sites is 4. The van der Waals surface area contributed by atoms with Crippen molar-refractivity contribution in [3.8, 4) is 67.1 Å². The van der Waals surface area contributed by atoms with Crippen LogP contribution in [0.4, 0.5) is 0 Å². The largest absolute Gasteiger partial charge is 0.309 e. The molecule has 23 aromatic rings. The fraction of sp³-hybridized carbons (Fsp3) is 0.160. The zero-order valence-electron chi connectivity index (χ0n) is 77.7. The Kier molecular flexibility index (Phi) is 22.9. The normalized spacial score (nSPS) is 12.1. The number of pyridine rings is 3. The van der Waals surface area contributed by atoms with E-state index in [-0.39, 0.29) is 27.1 Å². The molecule has 0 fully saturated rings. The molecule has 642 valence electrons. The van der Waals surface area contributed by atoms with Gasteiger partial charge in [0.05, 0.1) is 38.8 Å². The molecule has 5 nitrogen and oxygen atoms in total. The summed E-state index contributed by atoms with van der Waals surface area (Å²) in [5, 5.41) is 18.2. The molecule has 6 heterocycles. The van der Waals surface area contributed by atoms with Crippen molar-refractivity contribution in [2.75, 3.05) is 0 Å². The SMILES string of the molecule is CC(C)(C)c1ccc(-c2cc3cccc4ccc5cccc2c5c43)cc1.CC(C)(C)c1ccc(-c2cc3cccnc3c3ncccc23)cc1.CC(C)(C)c1ccc(-c2ccc3c(c2)c2ccccc2n3-c2ccccc2)cc1.CC(C)(C)c1ccc(-c2ccc3c4ccccc4n(-c4ccccc4)c3c2)cc1.CC(C)(C)c1ccc(-c2ccc3sc4ccccc4c3c2)nc1. The second kappa shape index (κ2) is 34.9. The van der Waals surface area contributed by atoms with E-state index >= 15 is 0 Å². The van der Waals surface area contributed by atoms with Crippen molar-refractivity contribution in [1.82, 2.24) is 24.1 Å². The monoisotopic (exact) mass is 1710 g/mol. The third kappa shape index (κ3) is 17.4. The van der Waals surface area contributed by atoms with Crippen LogP contribution >= 0.6 is 11.3 Å². The fourth-order valence-corrected chi connectivity index (χ4v) is 19.6. The van der Waals surface area contributed by atoms with E-state index in [4.69, 9.17) is 4.98 Å². The van der Waals surface area contributed by atoms with Gasteiger partial charge in [0.1, 0.15) is 0 Å². The summed E-state index contributed by atoms with van der Waals surface area (Å²) in [6.45, 7) is 33.7. The van der Waals surface area contributed by atoms with Crippen LogP contribution in [0.1, 0.15) is 132 Å². The summed E-state index contributed by atoms with van der Waals surface area (Å²) in [5.41, 5.74) is 29.1. The van der Waals surface area contributed by atoms with E-state index in [9.17, 15) is 0 Å². The lowest BCUT2D eigenvalue weighted by molar-refractivity contribution is 0.587. The van der Waals surface area contributed by atoms with Crippen molar-refractivity contribution in [2.45, 2.75) is 131 Å². The summed E-state index contributed by atoms with van der Waals surface area (Å²) in [6.07, 6.45) is 5.67. The van der Waals surface area contributed by atoms with Crippen molar-refractivity contribution >= 4 is 129 Å². The summed E-state index contributed by atoms with van der Waals surface area (Å²) in [6, 6.07) is 138. The maximum atomic E-state index is 4.69. The molecule has 0 saturated carbocycles. The molecule has 0 atom stereocenters. The van der Waals surface area contributed by atoms with Crippen LogP contribution in [0.3, 0.4) is 0 Å². The van der Waals surface area contributed by atoms with Gasteiger partial charge in [-0.2, -0.15) is 0 Å². The Morgan fingerprint density at radius 2 is 0.603 bits per heavy atom. The highest BCUT2D eigenvalue weighted by atomic mass is 32.1. The number of fused-ring (bicyclic) bond motifs is 12. The molecule has 6 heteroatoms. The van der Waals surface area contributed by atoms with Gasteiger partial charge in [-0.1, -0.05) is 383 Å². The first-order valence-electron chi connectivity index (χ1n) is 45.9. The Balaban J connectivity index is 0.000000106. The maximum Gasteiger partial charge on any atom is 0.0970 e. The van der Waals surface area contributed by atoms with Gasteiger partial charge in [-0.25, -0.2) is 0 Å². The molecule has 0 radical (unpaired) electrons. The molecule has 0 aliphatic carbocycles. The second-order valence-electron chi connectivity index (χ2n) is 40.0. The van der Waals surface area contributed by atoms with Gasteiger partial charge in [-0.3, -0.25) is 15.0 Å². The Hall–Kier alpha value is -14.4. The van der Waals surface area contributed by atoms with E-state index in [0.717, 1.165) is 27.5 Å². The average molecular weight is 1720 g/mol. The Bertz CT molecular complexity index is 8080. The predicted octanol–water partition coefficient (Wildman–Crippen LogP) is 35.2. The van der Waals surface area contributed by atoms with E-state index in [1.54, 1.807) is 0 Å². The summed E-state index contributed by atoms with van der Waals surface area (Å²) in [5.74, 6) is 0. The van der Waals surface area contributed by atoms with E-state index < -0.39 is 0 Å². The van der Waals surface area contributed by atoms with Crippen molar-refractivity contribution in [2.24, 2.45) is 0 Å². The number of hydrogen-bond donors (Lipinski definition) is 0. The summed E-state index contributed by atoms with van der Waals surface area (Å²) >= 11 is 1.85. The third-order valence-electron chi connectivity index (χ3n) is 25.9. The van der Waals surface area contributed by atoms with E-state index in [0.29, 0.717) is 0 Å². The van der Waals surface area contributed by atoms with Crippen molar-refractivity contribution in [1.29, 1.82) is 0 Å². The first kappa shape index (κ1) is 86.0. The third-order valence-corrected chi connectivity index (χ3v) is 27.1. The van der Waals surface area contributed by atoms with Gasteiger partial charge in [-0.15, -0.1) is 11.3 Å². The van der Waals surface area contributed by atoms with E-state index in [1.807, 2.05) is 42.1 Å². The second-order valence-corrected chi connectivity index (χ2v) is 41.1. The fourth-order valence-electron chi connectivity index (χ4n) is 18.5. The molecule has 0 amide bonds. The zero-order valence-corrected chi connectivity index (χ0v) is 78.6. The zero-order chi connectivity index (χ0) is 90.7. The summed E-state index contributed by atoms with van der Waals surface area (Å²) < 4.78 is 7.41. The molecule has 0 saturated heterocycles. The van der Waals surface area contributed by atoms with Crippen LogP contribution in [0.25, 0.3) is 185 Å². The molecular formula is C125H111N5S. The smallest absolute Gasteiger partial charge is 0.0970 e. The van der Waals surface area contributed by atoms with Gasteiger partial charge in [0.2, 0.25) is 0 Å². The lowest BCUT2D eigenvalue weighted by Crippen LogP contribution is -2.11. The van der Waals surface area contributed by atoms with Gasteiger partial charge in [0, 0.05) is 88.0 Å². The predicted molar refractivity (Wildman–Crippen MR) is 567 cm³/mol. The Morgan fingerprint density at radius 3 is 1.17 bits per heavy atom. The molecular weight excluding hydrogens is 1600 g/mol. The quantitative estimate of drug-likeness (QED) is 0.149. The molecule has 0 unspecified atom stereocenters. The van der Waals surface area contributed by atoms with Crippen LogP contribution in [0.5, 0.6) is 0 Å². The minimum Gasteiger partial charge on any atom is -0.309 e. The molecule has 0 N–H and O–H groups in total. The average Bonchev–Trinajstić information content (AvgIpc) is 1.67. The van der Waals surface area contributed by atoms with Gasteiger partial charge >= 0.3 is 0 Å². The highest BCUT2D eigenvalue weighted by molar-refractivity contribution is 7.25. The van der Waals surface area contributed by atoms with Gasteiger partial charge < -0.3 is 9.13 Å². The number of nitrogens with zero attached hydrogens (tertiary/aromatic N) is 5. The van der Waals surface area contributed by atoms with Crippen LogP contribution in [0.15, 0.2) is 401 Å². The lowest BCUT2D eigenvalue weighted by Gasteiger charge is -2.20.